The zero-order valence-corrected chi connectivity index (χ0v) is 13.2. The summed E-state index contributed by atoms with van der Waals surface area (Å²) in [6.07, 6.45) is 3.05. The number of para-hydroxylation sites is 2. The van der Waals surface area contributed by atoms with Crippen molar-refractivity contribution in [1.29, 1.82) is 0 Å². The number of rotatable bonds is 5. The van der Waals surface area contributed by atoms with Gasteiger partial charge in [-0.2, -0.15) is 0 Å². The largest absolute Gasteiger partial charge is 0.437 e. The van der Waals surface area contributed by atoms with E-state index in [9.17, 15) is 4.79 Å². The van der Waals surface area contributed by atoms with Crippen molar-refractivity contribution in [3.8, 4) is 0 Å². The van der Waals surface area contributed by atoms with Crippen LogP contribution in [0.2, 0.25) is 0 Å². The SMILES string of the molecule is C[C@H](CN1CCOCC1)NC(=O)/C=C/c1nc2ccccc2o1. The number of fused-ring (bicyclic) bond motifs is 1. The molecule has 2 heterocycles. The molecule has 1 aliphatic rings. The second-order valence-corrected chi connectivity index (χ2v) is 5.68. The number of carbonyl (C=O) groups is 1. The van der Waals surface area contributed by atoms with E-state index in [1.807, 2.05) is 31.2 Å². The number of hydrogen-bond donors (Lipinski definition) is 1. The predicted octanol–water partition coefficient (Wildman–Crippen LogP) is 1.68. The van der Waals surface area contributed by atoms with Crippen molar-refractivity contribution in [2.75, 3.05) is 32.8 Å². The normalized spacial score (nSPS) is 17.6. The van der Waals surface area contributed by atoms with Crippen LogP contribution in [0.25, 0.3) is 17.2 Å². The Hall–Kier alpha value is -2.18. The van der Waals surface area contributed by atoms with Gasteiger partial charge in [0.25, 0.3) is 0 Å². The Morgan fingerprint density at radius 2 is 2.17 bits per heavy atom. The molecule has 0 aliphatic carbocycles. The van der Waals surface area contributed by atoms with Crippen molar-refractivity contribution in [3.05, 3.63) is 36.2 Å². The average Bonchev–Trinajstić information content (AvgIpc) is 2.96. The van der Waals surface area contributed by atoms with Crippen molar-refractivity contribution in [3.63, 3.8) is 0 Å². The zero-order chi connectivity index (χ0) is 16.1. The molecule has 2 aromatic rings. The Morgan fingerprint density at radius 3 is 2.96 bits per heavy atom. The highest BCUT2D eigenvalue weighted by atomic mass is 16.5. The number of nitrogens with zero attached hydrogens (tertiary/aromatic N) is 2. The van der Waals surface area contributed by atoms with Crippen LogP contribution in [-0.4, -0.2) is 54.7 Å². The summed E-state index contributed by atoms with van der Waals surface area (Å²) in [4.78, 5) is 18.6. The van der Waals surface area contributed by atoms with Gasteiger partial charge >= 0.3 is 0 Å². The molecule has 1 amide bonds. The van der Waals surface area contributed by atoms with Crippen LogP contribution in [0.3, 0.4) is 0 Å². The van der Waals surface area contributed by atoms with Crippen LogP contribution in [0.4, 0.5) is 0 Å². The Morgan fingerprint density at radius 1 is 1.39 bits per heavy atom. The number of oxazole rings is 1. The van der Waals surface area contributed by atoms with E-state index in [0.29, 0.717) is 11.5 Å². The molecule has 6 nitrogen and oxygen atoms in total. The molecule has 23 heavy (non-hydrogen) atoms. The van der Waals surface area contributed by atoms with Crippen molar-refractivity contribution in [2.24, 2.45) is 0 Å². The first-order chi connectivity index (χ1) is 11.2. The summed E-state index contributed by atoms with van der Waals surface area (Å²) in [5.74, 6) is 0.287. The summed E-state index contributed by atoms with van der Waals surface area (Å²) < 4.78 is 10.9. The fraction of sp³-hybridized carbons (Fsp3) is 0.412. The number of ether oxygens (including phenoxy) is 1. The van der Waals surface area contributed by atoms with E-state index in [1.165, 1.54) is 6.08 Å². The van der Waals surface area contributed by atoms with Crippen LogP contribution >= 0.6 is 0 Å². The first-order valence-corrected chi connectivity index (χ1v) is 7.85. The van der Waals surface area contributed by atoms with Crippen LogP contribution in [0.1, 0.15) is 12.8 Å². The molecule has 1 N–H and O–H groups in total. The Labute approximate surface area is 135 Å². The second-order valence-electron chi connectivity index (χ2n) is 5.68. The fourth-order valence-electron chi connectivity index (χ4n) is 2.62. The molecule has 6 heteroatoms. The minimum Gasteiger partial charge on any atom is -0.437 e. The molecule has 1 saturated heterocycles. The molecule has 122 valence electrons. The molecule has 1 fully saturated rings. The van der Waals surface area contributed by atoms with Crippen LogP contribution in [0, 0.1) is 0 Å². The molecule has 0 bridgehead atoms. The molecule has 0 radical (unpaired) electrons. The van der Waals surface area contributed by atoms with E-state index >= 15 is 0 Å². The maximum atomic E-state index is 12.0. The van der Waals surface area contributed by atoms with Crippen LogP contribution in [-0.2, 0) is 9.53 Å². The minimum atomic E-state index is -0.145. The van der Waals surface area contributed by atoms with Gasteiger partial charge in [0.1, 0.15) is 5.52 Å². The van der Waals surface area contributed by atoms with Gasteiger partial charge < -0.3 is 14.5 Å². The molecule has 1 aromatic heterocycles. The summed E-state index contributed by atoms with van der Waals surface area (Å²) in [6, 6.07) is 7.60. The topological polar surface area (TPSA) is 67.6 Å². The maximum Gasteiger partial charge on any atom is 0.244 e. The van der Waals surface area contributed by atoms with Gasteiger partial charge in [-0.25, -0.2) is 4.98 Å². The van der Waals surface area contributed by atoms with Crippen molar-refractivity contribution >= 4 is 23.1 Å². The molecule has 1 aliphatic heterocycles. The number of morpholine rings is 1. The van der Waals surface area contributed by atoms with Gasteiger partial charge in [0, 0.05) is 37.8 Å². The first-order valence-electron chi connectivity index (χ1n) is 7.85. The van der Waals surface area contributed by atoms with Gasteiger partial charge in [0.2, 0.25) is 11.8 Å². The minimum absolute atomic E-state index is 0.0777. The lowest BCUT2D eigenvalue weighted by Gasteiger charge is -2.29. The van der Waals surface area contributed by atoms with Gasteiger partial charge in [0.05, 0.1) is 13.2 Å². The van der Waals surface area contributed by atoms with Crippen LogP contribution in [0.15, 0.2) is 34.8 Å². The molecule has 0 spiro atoms. The van der Waals surface area contributed by atoms with E-state index in [4.69, 9.17) is 9.15 Å². The Balaban J connectivity index is 1.51. The van der Waals surface area contributed by atoms with Gasteiger partial charge in [0.15, 0.2) is 5.58 Å². The van der Waals surface area contributed by atoms with Gasteiger partial charge in [-0.1, -0.05) is 12.1 Å². The molecular formula is C17H21N3O3. The lowest BCUT2D eigenvalue weighted by atomic mass is 10.3. The first kappa shape index (κ1) is 15.7. The smallest absolute Gasteiger partial charge is 0.244 e. The molecule has 1 aromatic carbocycles. The highest BCUT2D eigenvalue weighted by Gasteiger charge is 2.14. The average molecular weight is 315 g/mol. The number of hydrogen-bond acceptors (Lipinski definition) is 5. The van der Waals surface area contributed by atoms with E-state index in [2.05, 4.69) is 15.2 Å². The van der Waals surface area contributed by atoms with Gasteiger partial charge in [-0.15, -0.1) is 0 Å². The third kappa shape index (κ3) is 4.40. The molecule has 1 atom stereocenters. The summed E-state index contributed by atoms with van der Waals surface area (Å²) in [5, 5.41) is 2.95. The number of carbonyl (C=O) groups excluding carboxylic acids is 1. The molecular weight excluding hydrogens is 294 g/mol. The van der Waals surface area contributed by atoms with Gasteiger partial charge in [-0.05, 0) is 19.1 Å². The third-order valence-corrected chi connectivity index (χ3v) is 3.71. The summed E-state index contributed by atoms with van der Waals surface area (Å²) in [7, 11) is 0. The number of benzene rings is 1. The number of amides is 1. The molecule has 3 rings (SSSR count). The van der Waals surface area contributed by atoms with Crippen molar-refractivity contribution in [2.45, 2.75) is 13.0 Å². The second kappa shape index (κ2) is 7.39. The number of nitrogens with one attached hydrogen (secondary N) is 1. The fourth-order valence-corrected chi connectivity index (χ4v) is 2.62. The number of aromatic nitrogens is 1. The third-order valence-electron chi connectivity index (χ3n) is 3.71. The quantitative estimate of drug-likeness (QED) is 0.850. The highest BCUT2D eigenvalue weighted by Crippen LogP contribution is 2.15. The molecule has 0 unspecified atom stereocenters. The van der Waals surface area contributed by atoms with E-state index in [1.54, 1.807) is 6.08 Å². The lowest BCUT2D eigenvalue weighted by molar-refractivity contribution is -0.117. The van der Waals surface area contributed by atoms with Crippen LogP contribution < -0.4 is 5.32 Å². The van der Waals surface area contributed by atoms with E-state index in [-0.39, 0.29) is 11.9 Å². The Bertz CT molecular complexity index is 656. The predicted molar refractivity (Wildman–Crippen MR) is 87.9 cm³/mol. The monoisotopic (exact) mass is 315 g/mol. The van der Waals surface area contributed by atoms with Gasteiger partial charge in [-0.3, -0.25) is 9.69 Å². The van der Waals surface area contributed by atoms with E-state index in [0.717, 1.165) is 38.4 Å². The Kier molecular flexibility index (Phi) is 5.05. The van der Waals surface area contributed by atoms with E-state index < -0.39 is 0 Å². The summed E-state index contributed by atoms with van der Waals surface area (Å²) >= 11 is 0. The van der Waals surface area contributed by atoms with Crippen LogP contribution in [0.5, 0.6) is 0 Å². The van der Waals surface area contributed by atoms with Crippen molar-refractivity contribution < 1.29 is 13.9 Å². The zero-order valence-electron chi connectivity index (χ0n) is 13.2. The summed E-state index contributed by atoms with van der Waals surface area (Å²) in [5.41, 5.74) is 1.50. The molecule has 0 saturated carbocycles. The maximum absolute atomic E-state index is 12.0. The standard InChI is InChI=1S/C17H21N3O3/c1-13(12-20-8-10-22-11-9-20)18-16(21)6-7-17-19-14-4-2-3-5-15(14)23-17/h2-7,13H,8-12H2,1H3,(H,18,21)/b7-6+/t13-/m1/s1. The summed E-state index contributed by atoms with van der Waals surface area (Å²) in [6.45, 7) is 6.18. The highest BCUT2D eigenvalue weighted by molar-refractivity contribution is 5.91. The van der Waals surface area contributed by atoms with Crippen molar-refractivity contribution in [1.82, 2.24) is 15.2 Å². The lowest BCUT2D eigenvalue weighted by Crippen LogP contribution is -2.45.